The van der Waals surface area contributed by atoms with Crippen molar-refractivity contribution in [2.75, 3.05) is 39.4 Å². The molecule has 3 rings (SSSR count). The smallest absolute Gasteiger partial charge is 0.335 e. The van der Waals surface area contributed by atoms with Crippen LogP contribution in [-0.4, -0.2) is 74.0 Å². The molecule has 0 spiro atoms. The van der Waals surface area contributed by atoms with Crippen molar-refractivity contribution in [3.63, 3.8) is 0 Å². The first-order chi connectivity index (χ1) is 11.9. The highest BCUT2D eigenvalue weighted by atomic mass is 32.2. The van der Waals surface area contributed by atoms with Crippen LogP contribution in [0.1, 0.15) is 16.8 Å². The second kappa shape index (κ2) is 7.11. The minimum absolute atomic E-state index is 0.0281. The van der Waals surface area contributed by atoms with Gasteiger partial charge in [0, 0.05) is 32.8 Å². The van der Waals surface area contributed by atoms with E-state index in [1.165, 1.54) is 28.6 Å². The standard InChI is InChI=1S/C16H20N2O6S/c19-15(13-5-10-24-11-13)17-6-8-18(9-7-17)25(22,23)14-3-1-12(2-4-14)16(20)21/h1-4,13H,5-11H2,(H,20,21). The Labute approximate surface area is 146 Å². The summed E-state index contributed by atoms with van der Waals surface area (Å²) in [4.78, 5) is 25.0. The molecule has 2 aliphatic rings. The minimum Gasteiger partial charge on any atom is -0.478 e. The maximum atomic E-state index is 12.7. The van der Waals surface area contributed by atoms with Gasteiger partial charge in [-0.15, -0.1) is 0 Å². The number of carbonyl (C=O) groups is 2. The third kappa shape index (κ3) is 3.68. The quantitative estimate of drug-likeness (QED) is 0.817. The number of piperazine rings is 1. The van der Waals surface area contributed by atoms with E-state index in [-0.39, 0.29) is 35.4 Å². The van der Waals surface area contributed by atoms with E-state index >= 15 is 0 Å². The summed E-state index contributed by atoms with van der Waals surface area (Å²) in [5.74, 6) is -1.20. The SMILES string of the molecule is O=C(O)c1ccc(S(=O)(=O)N2CCN(C(=O)C3CCOC3)CC2)cc1. The molecule has 2 heterocycles. The minimum atomic E-state index is -3.69. The van der Waals surface area contributed by atoms with E-state index in [0.717, 1.165) is 0 Å². The number of nitrogens with zero attached hydrogens (tertiary/aromatic N) is 2. The van der Waals surface area contributed by atoms with Gasteiger partial charge in [-0.2, -0.15) is 4.31 Å². The Balaban J connectivity index is 1.64. The summed E-state index contributed by atoms with van der Waals surface area (Å²) in [6, 6.07) is 5.14. The van der Waals surface area contributed by atoms with Gasteiger partial charge in [-0.25, -0.2) is 13.2 Å². The lowest BCUT2D eigenvalue weighted by Crippen LogP contribution is -2.51. The molecule has 0 radical (unpaired) electrons. The van der Waals surface area contributed by atoms with Crippen LogP contribution in [0.3, 0.4) is 0 Å². The summed E-state index contributed by atoms with van der Waals surface area (Å²) in [7, 11) is -3.69. The van der Waals surface area contributed by atoms with E-state index in [0.29, 0.717) is 32.7 Å². The lowest BCUT2D eigenvalue weighted by Gasteiger charge is -2.35. The second-order valence-electron chi connectivity index (χ2n) is 6.12. The molecule has 0 aromatic heterocycles. The molecule has 9 heteroatoms. The first-order valence-electron chi connectivity index (χ1n) is 8.09. The van der Waals surface area contributed by atoms with Crippen molar-refractivity contribution in [2.24, 2.45) is 5.92 Å². The topological polar surface area (TPSA) is 104 Å². The van der Waals surface area contributed by atoms with Gasteiger partial charge in [0.25, 0.3) is 0 Å². The lowest BCUT2D eigenvalue weighted by atomic mass is 10.1. The Bertz CT molecular complexity index is 747. The van der Waals surface area contributed by atoms with Gasteiger partial charge in [0.2, 0.25) is 15.9 Å². The zero-order valence-electron chi connectivity index (χ0n) is 13.6. The molecule has 1 N–H and O–H groups in total. The van der Waals surface area contributed by atoms with Gasteiger partial charge in [0.05, 0.1) is 23.0 Å². The van der Waals surface area contributed by atoms with Crippen molar-refractivity contribution in [1.29, 1.82) is 0 Å². The number of carbonyl (C=O) groups excluding carboxylic acids is 1. The van der Waals surface area contributed by atoms with Gasteiger partial charge in [-0.1, -0.05) is 0 Å². The highest BCUT2D eigenvalue weighted by Gasteiger charge is 2.33. The molecule has 0 saturated carbocycles. The third-order valence-electron chi connectivity index (χ3n) is 4.57. The predicted molar refractivity (Wildman–Crippen MR) is 87.7 cm³/mol. The van der Waals surface area contributed by atoms with E-state index in [9.17, 15) is 18.0 Å². The fourth-order valence-electron chi connectivity index (χ4n) is 3.05. The number of sulfonamides is 1. The number of carboxylic acids is 1. The number of hydrogen-bond acceptors (Lipinski definition) is 5. The van der Waals surface area contributed by atoms with Crippen LogP contribution in [0.5, 0.6) is 0 Å². The van der Waals surface area contributed by atoms with Crippen molar-refractivity contribution in [3.05, 3.63) is 29.8 Å². The first kappa shape index (κ1) is 17.8. The van der Waals surface area contributed by atoms with E-state index < -0.39 is 16.0 Å². The monoisotopic (exact) mass is 368 g/mol. The summed E-state index contributed by atoms with van der Waals surface area (Å²) >= 11 is 0. The molecule has 1 amide bonds. The Hall–Kier alpha value is -1.97. The fourth-order valence-corrected chi connectivity index (χ4v) is 4.48. The summed E-state index contributed by atoms with van der Waals surface area (Å²) in [5.41, 5.74) is 0.0353. The van der Waals surface area contributed by atoms with Crippen molar-refractivity contribution in [3.8, 4) is 0 Å². The normalized spacial score (nSPS) is 22.1. The summed E-state index contributed by atoms with van der Waals surface area (Å²) in [5, 5.41) is 8.89. The number of hydrogen-bond donors (Lipinski definition) is 1. The van der Waals surface area contributed by atoms with Crippen LogP contribution in [-0.2, 0) is 19.6 Å². The van der Waals surface area contributed by atoms with Crippen molar-refractivity contribution >= 4 is 21.9 Å². The van der Waals surface area contributed by atoms with Crippen LogP contribution in [0, 0.1) is 5.92 Å². The Kier molecular flexibility index (Phi) is 5.07. The second-order valence-corrected chi connectivity index (χ2v) is 8.06. The molecule has 1 aromatic rings. The lowest BCUT2D eigenvalue weighted by molar-refractivity contribution is -0.136. The Morgan fingerprint density at radius 2 is 1.72 bits per heavy atom. The number of ether oxygens (including phenoxy) is 1. The molecule has 136 valence electrons. The maximum Gasteiger partial charge on any atom is 0.335 e. The number of carboxylic acid groups (broad SMARTS) is 1. The van der Waals surface area contributed by atoms with Crippen LogP contribution in [0.15, 0.2) is 29.2 Å². The third-order valence-corrected chi connectivity index (χ3v) is 6.48. The molecule has 25 heavy (non-hydrogen) atoms. The summed E-state index contributed by atoms with van der Waals surface area (Å²) in [6.45, 7) is 2.18. The molecule has 0 aliphatic carbocycles. The van der Waals surface area contributed by atoms with Crippen LogP contribution in [0.25, 0.3) is 0 Å². The van der Waals surface area contributed by atoms with Crippen LogP contribution in [0.2, 0.25) is 0 Å². The molecular weight excluding hydrogens is 348 g/mol. The first-order valence-corrected chi connectivity index (χ1v) is 9.53. The van der Waals surface area contributed by atoms with Crippen LogP contribution >= 0.6 is 0 Å². The highest BCUT2D eigenvalue weighted by molar-refractivity contribution is 7.89. The zero-order valence-corrected chi connectivity index (χ0v) is 14.4. The van der Waals surface area contributed by atoms with E-state index in [1.54, 1.807) is 4.90 Å². The average molecular weight is 368 g/mol. The Morgan fingerprint density at radius 3 is 2.24 bits per heavy atom. The highest BCUT2D eigenvalue weighted by Crippen LogP contribution is 2.21. The maximum absolute atomic E-state index is 12.7. The Morgan fingerprint density at radius 1 is 1.08 bits per heavy atom. The molecule has 8 nitrogen and oxygen atoms in total. The van der Waals surface area contributed by atoms with E-state index in [1.807, 2.05) is 0 Å². The number of aromatic carboxylic acids is 1. The zero-order chi connectivity index (χ0) is 18.0. The largest absolute Gasteiger partial charge is 0.478 e. The molecule has 1 unspecified atom stereocenters. The van der Waals surface area contributed by atoms with Gasteiger partial charge in [-0.3, -0.25) is 4.79 Å². The number of amides is 1. The van der Waals surface area contributed by atoms with Crippen LogP contribution < -0.4 is 0 Å². The molecule has 1 atom stereocenters. The predicted octanol–water partition coefficient (Wildman–Crippen LogP) is 0.254. The van der Waals surface area contributed by atoms with Crippen molar-refractivity contribution in [1.82, 2.24) is 9.21 Å². The van der Waals surface area contributed by atoms with E-state index in [2.05, 4.69) is 0 Å². The van der Waals surface area contributed by atoms with Gasteiger partial charge >= 0.3 is 5.97 Å². The average Bonchev–Trinajstić information content (AvgIpc) is 3.16. The van der Waals surface area contributed by atoms with Gasteiger partial charge in [0.15, 0.2) is 0 Å². The summed E-state index contributed by atoms with van der Waals surface area (Å²) < 4.78 is 31.9. The molecular formula is C16H20N2O6S. The van der Waals surface area contributed by atoms with Gasteiger partial charge in [0.1, 0.15) is 0 Å². The van der Waals surface area contributed by atoms with Crippen LogP contribution in [0.4, 0.5) is 0 Å². The van der Waals surface area contributed by atoms with E-state index in [4.69, 9.17) is 9.84 Å². The molecule has 2 saturated heterocycles. The number of benzene rings is 1. The molecule has 0 bridgehead atoms. The molecule has 2 fully saturated rings. The molecule has 1 aromatic carbocycles. The van der Waals surface area contributed by atoms with Crippen molar-refractivity contribution in [2.45, 2.75) is 11.3 Å². The van der Waals surface area contributed by atoms with Crippen molar-refractivity contribution < 1.29 is 27.9 Å². The molecule has 2 aliphatic heterocycles. The van der Waals surface area contributed by atoms with Gasteiger partial charge in [-0.05, 0) is 30.7 Å². The summed E-state index contributed by atoms with van der Waals surface area (Å²) in [6.07, 6.45) is 0.716. The fraction of sp³-hybridized carbons (Fsp3) is 0.500. The van der Waals surface area contributed by atoms with Gasteiger partial charge < -0.3 is 14.7 Å². The number of rotatable bonds is 4.